The molecule has 2 aromatic heterocycles. The summed E-state index contributed by atoms with van der Waals surface area (Å²) in [5.74, 6) is 0. The van der Waals surface area contributed by atoms with Gasteiger partial charge in [-0.05, 0) is 12.5 Å². The van der Waals surface area contributed by atoms with E-state index in [1.54, 1.807) is 0 Å². The van der Waals surface area contributed by atoms with Crippen molar-refractivity contribution in [3.63, 3.8) is 0 Å². The van der Waals surface area contributed by atoms with Crippen molar-refractivity contribution in [1.29, 1.82) is 5.26 Å². The molecule has 0 N–H and O–H groups in total. The molecule has 98 valence electrons. The predicted octanol–water partition coefficient (Wildman–Crippen LogP) is 3.88. The lowest BCUT2D eigenvalue weighted by atomic mass is 10.1. The van der Waals surface area contributed by atoms with Crippen molar-refractivity contribution < 1.29 is 0 Å². The van der Waals surface area contributed by atoms with Crippen LogP contribution in [0.2, 0.25) is 10.3 Å². The first-order valence-electron chi connectivity index (χ1n) is 5.81. The quantitative estimate of drug-likeness (QED) is 0.641. The van der Waals surface area contributed by atoms with Crippen LogP contribution in [0.1, 0.15) is 11.1 Å². The number of halogens is 2. The summed E-state index contributed by atoms with van der Waals surface area (Å²) >= 11 is 12.6. The van der Waals surface area contributed by atoms with Gasteiger partial charge in [0.05, 0.1) is 11.8 Å². The van der Waals surface area contributed by atoms with E-state index < -0.39 is 0 Å². The largest absolute Gasteiger partial charge is 0.215 e. The molecule has 0 amide bonds. The number of fused-ring (bicyclic) bond motifs is 1. The summed E-state index contributed by atoms with van der Waals surface area (Å²) in [5, 5.41) is 13.7. The molecule has 0 atom stereocenters. The van der Waals surface area contributed by atoms with Crippen LogP contribution in [0.15, 0.2) is 30.5 Å². The third-order valence-electron chi connectivity index (χ3n) is 2.97. The Labute approximate surface area is 125 Å². The summed E-state index contributed by atoms with van der Waals surface area (Å²) in [5.41, 5.74) is 3.26. The van der Waals surface area contributed by atoms with Gasteiger partial charge < -0.3 is 0 Å². The molecule has 0 saturated carbocycles. The fraction of sp³-hybridized carbons (Fsp3) is 0.0714. The second-order valence-electron chi connectivity index (χ2n) is 4.34. The number of aromatic nitrogens is 3. The molecule has 0 radical (unpaired) electrons. The van der Waals surface area contributed by atoms with Crippen molar-refractivity contribution in [2.75, 3.05) is 0 Å². The molecule has 0 bridgehead atoms. The summed E-state index contributed by atoms with van der Waals surface area (Å²) in [6, 6.07) is 9.79. The van der Waals surface area contributed by atoms with E-state index in [1.165, 1.54) is 10.7 Å². The van der Waals surface area contributed by atoms with Gasteiger partial charge in [0.2, 0.25) is 0 Å². The normalized spacial score (nSPS) is 10.7. The lowest BCUT2D eigenvalue weighted by molar-refractivity contribution is 0.942. The Morgan fingerprint density at radius 2 is 2.10 bits per heavy atom. The van der Waals surface area contributed by atoms with Gasteiger partial charge >= 0.3 is 0 Å². The van der Waals surface area contributed by atoms with Gasteiger partial charge in [0, 0.05) is 0 Å². The van der Waals surface area contributed by atoms with Crippen LogP contribution in [0.25, 0.3) is 16.8 Å². The van der Waals surface area contributed by atoms with Gasteiger partial charge in [0.15, 0.2) is 5.65 Å². The highest BCUT2D eigenvalue weighted by Crippen LogP contribution is 2.34. The van der Waals surface area contributed by atoms with Gasteiger partial charge in [-0.1, -0.05) is 53.0 Å². The van der Waals surface area contributed by atoms with Gasteiger partial charge in [-0.3, -0.25) is 0 Å². The van der Waals surface area contributed by atoms with Crippen LogP contribution in [0, 0.1) is 18.3 Å². The van der Waals surface area contributed by atoms with Crippen molar-refractivity contribution in [2.24, 2.45) is 0 Å². The standard InChI is InChI=1S/C14H8Cl2N4/c1-8-3-2-4-9(5-8)11-12(15)19-14-10(6-17)7-18-20(14)13(11)16/h2-5,7H,1H3. The number of nitriles is 1. The first-order chi connectivity index (χ1) is 9.61. The molecule has 3 rings (SSSR count). The van der Waals surface area contributed by atoms with E-state index in [1.807, 2.05) is 37.3 Å². The Balaban J connectivity index is 2.35. The second kappa shape index (κ2) is 4.78. The third kappa shape index (κ3) is 1.92. The number of aryl methyl sites for hydroxylation is 1. The second-order valence-corrected chi connectivity index (χ2v) is 5.06. The number of hydrogen-bond acceptors (Lipinski definition) is 3. The Hall–Kier alpha value is -2.09. The molecule has 0 saturated heterocycles. The molecule has 3 aromatic rings. The van der Waals surface area contributed by atoms with Crippen molar-refractivity contribution in [1.82, 2.24) is 14.6 Å². The lowest BCUT2D eigenvalue weighted by Crippen LogP contribution is -1.97. The first kappa shape index (κ1) is 12.9. The van der Waals surface area contributed by atoms with E-state index in [4.69, 9.17) is 28.5 Å². The van der Waals surface area contributed by atoms with E-state index in [2.05, 4.69) is 10.1 Å². The summed E-state index contributed by atoms with van der Waals surface area (Å²) in [7, 11) is 0. The molecule has 0 aliphatic heterocycles. The van der Waals surface area contributed by atoms with Crippen LogP contribution in [0.3, 0.4) is 0 Å². The van der Waals surface area contributed by atoms with E-state index in [0.29, 0.717) is 21.9 Å². The Bertz CT molecular complexity index is 861. The Morgan fingerprint density at radius 3 is 2.80 bits per heavy atom. The minimum absolute atomic E-state index is 0.255. The van der Waals surface area contributed by atoms with Gasteiger partial charge in [-0.15, -0.1) is 0 Å². The highest BCUT2D eigenvalue weighted by atomic mass is 35.5. The van der Waals surface area contributed by atoms with E-state index >= 15 is 0 Å². The van der Waals surface area contributed by atoms with Crippen molar-refractivity contribution in [3.05, 3.63) is 51.9 Å². The Kier molecular flexibility index (Phi) is 3.09. The molecule has 0 aliphatic rings. The van der Waals surface area contributed by atoms with Crippen LogP contribution < -0.4 is 0 Å². The van der Waals surface area contributed by atoms with Gasteiger partial charge in [-0.2, -0.15) is 10.4 Å². The van der Waals surface area contributed by atoms with Crippen LogP contribution >= 0.6 is 23.2 Å². The molecule has 6 heteroatoms. The molecule has 0 aliphatic carbocycles. The predicted molar refractivity (Wildman–Crippen MR) is 77.9 cm³/mol. The molecule has 0 spiro atoms. The average Bonchev–Trinajstić information content (AvgIpc) is 2.82. The van der Waals surface area contributed by atoms with Crippen molar-refractivity contribution >= 4 is 28.8 Å². The molecule has 2 heterocycles. The summed E-state index contributed by atoms with van der Waals surface area (Å²) in [6.07, 6.45) is 1.42. The fourth-order valence-electron chi connectivity index (χ4n) is 2.05. The smallest absolute Gasteiger partial charge is 0.176 e. The number of rotatable bonds is 1. The molecular weight excluding hydrogens is 295 g/mol. The maximum absolute atomic E-state index is 9.00. The maximum Gasteiger partial charge on any atom is 0.176 e. The monoisotopic (exact) mass is 302 g/mol. The van der Waals surface area contributed by atoms with Gasteiger partial charge in [-0.25, -0.2) is 9.50 Å². The molecular formula is C14H8Cl2N4. The summed E-state index contributed by atoms with van der Waals surface area (Å²) < 4.78 is 1.42. The van der Waals surface area contributed by atoms with Crippen LogP contribution in [0.4, 0.5) is 0 Å². The minimum Gasteiger partial charge on any atom is -0.215 e. The van der Waals surface area contributed by atoms with Crippen LogP contribution in [-0.2, 0) is 0 Å². The lowest BCUT2D eigenvalue weighted by Gasteiger charge is -2.09. The first-order valence-corrected chi connectivity index (χ1v) is 6.57. The summed E-state index contributed by atoms with van der Waals surface area (Å²) in [6.45, 7) is 1.99. The zero-order valence-electron chi connectivity index (χ0n) is 10.4. The maximum atomic E-state index is 9.00. The zero-order chi connectivity index (χ0) is 14.3. The topological polar surface area (TPSA) is 54.0 Å². The van der Waals surface area contributed by atoms with Gasteiger partial charge in [0.1, 0.15) is 21.9 Å². The molecule has 1 aromatic carbocycles. The molecule has 20 heavy (non-hydrogen) atoms. The number of nitrogens with zero attached hydrogens (tertiary/aromatic N) is 4. The third-order valence-corrected chi connectivity index (χ3v) is 3.60. The highest BCUT2D eigenvalue weighted by molar-refractivity contribution is 6.38. The highest BCUT2D eigenvalue weighted by Gasteiger charge is 2.17. The number of benzene rings is 1. The fourth-order valence-corrected chi connectivity index (χ4v) is 2.70. The Morgan fingerprint density at radius 1 is 1.30 bits per heavy atom. The van der Waals surface area contributed by atoms with Crippen molar-refractivity contribution in [3.8, 4) is 17.2 Å². The SMILES string of the molecule is Cc1cccc(-c2c(Cl)nc3c(C#N)cnn3c2Cl)c1. The van der Waals surface area contributed by atoms with Gasteiger partial charge in [0.25, 0.3) is 0 Å². The average molecular weight is 303 g/mol. The van der Waals surface area contributed by atoms with Crippen molar-refractivity contribution in [2.45, 2.75) is 6.92 Å². The van der Waals surface area contributed by atoms with Crippen LogP contribution in [-0.4, -0.2) is 14.6 Å². The summed E-state index contributed by atoms with van der Waals surface area (Å²) in [4.78, 5) is 4.23. The van der Waals surface area contributed by atoms with E-state index in [9.17, 15) is 0 Å². The minimum atomic E-state index is 0.255. The molecule has 0 fully saturated rings. The molecule has 0 unspecified atom stereocenters. The van der Waals surface area contributed by atoms with E-state index in [0.717, 1.165) is 11.1 Å². The van der Waals surface area contributed by atoms with Crippen LogP contribution in [0.5, 0.6) is 0 Å². The molecule has 4 nitrogen and oxygen atoms in total. The zero-order valence-corrected chi connectivity index (χ0v) is 11.9. The van der Waals surface area contributed by atoms with E-state index in [-0.39, 0.29) is 5.15 Å². The number of hydrogen-bond donors (Lipinski definition) is 0.